The van der Waals surface area contributed by atoms with Gasteiger partial charge in [0, 0.05) is 5.22 Å². The van der Waals surface area contributed by atoms with E-state index >= 15 is 0 Å². The molecule has 158 valence electrons. The lowest BCUT2D eigenvalue weighted by Gasteiger charge is -2.48. The molecule has 0 radical (unpaired) electrons. The van der Waals surface area contributed by atoms with Crippen molar-refractivity contribution in [3.8, 4) is 0 Å². The third-order valence-electron chi connectivity index (χ3n) is 6.26. The van der Waals surface area contributed by atoms with Crippen molar-refractivity contribution in [3.63, 3.8) is 0 Å². The summed E-state index contributed by atoms with van der Waals surface area (Å²) in [5.74, 6) is 0. The zero-order valence-corrected chi connectivity index (χ0v) is 23.4. The molecule has 1 unspecified atom stereocenters. The monoisotopic (exact) mass is 418 g/mol. The molecule has 0 saturated heterocycles. The van der Waals surface area contributed by atoms with Crippen LogP contribution in [0.4, 0.5) is 0 Å². The van der Waals surface area contributed by atoms with E-state index in [4.69, 9.17) is 8.85 Å². The van der Waals surface area contributed by atoms with Gasteiger partial charge in [0.2, 0.25) is 8.32 Å². The molecule has 26 heavy (non-hydrogen) atoms. The molecule has 5 heteroatoms. The highest BCUT2D eigenvalue weighted by Crippen LogP contribution is 2.36. The van der Waals surface area contributed by atoms with Gasteiger partial charge in [0.05, 0.1) is 13.8 Å². The Morgan fingerprint density at radius 1 is 0.846 bits per heavy atom. The molecule has 0 aliphatic heterocycles. The van der Waals surface area contributed by atoms with Crippen molar-refractivity contribution in [2.75, 3.05) is 0 Å². The van der Waals surface area contributed by atoms with Crippen LogP contribution in [-0.4, -0.2) is 35.7 Å². The van der Waals surface area contributed by atoms with Crippen molar-refractivity contribution in [2.24, 2.45) is 5.41 Å². The van der Waals surface area contributed by atoms with Crippen LogP contribution >= 0.6 is 0 Å². The fourth-order valence-electron chi connectivity index (χ4n) is 3.15. The van der Waals surface area contributed by atoms with Gasteiger partial charge in [-0.25, -0.2) is 0 Å². The fourth-order valence-corrected chi connectivity index (χ4v) is 12.9. The second-order valence-corrected chi connectivity index (χ2v) is 25.7. The van der Waals surface area contributed by atoms with Crippen LogP contribution in [0.2, 0.25) is 51.4 Å². The van der Waals surface area contributed by atoms with Crippen molar-refractivity contribution in [2.45, 2.75) is 130 Å². The van der Waals surface area contributed by atoms with Crippen LogP contribution < -0.4 is 0 Å². The molecule has 0 bridgehead atoms. The van der Waals surface area contributed by atoms with Crippen molar-refractivity contribution >= 4 is 24.7 Å². The largest absolute Gasteiger partial charge is 0.415 e. The molecule has 0 fully saturated rings. The van der Waals surface area contributed by atoms with E-state index in [0.29, 0.717) is 5.41 Å². The van der Waals surface area contributed by atoms with Crippen LogP contribution in [0.1, 0.15) is 67.7 Å². The lowest BCUT2D eigenvalue weighted by atomic mass is 9.94. The van der Waals surface area contributed by atoms with E-state index < -0.39 is 24.7 Å². The highest BCUT2D eigenvalue weighted by molar-refractivity contribution is 6.82. The molecule has 1 atom stereocenters. The van der Waals surface area contributed by atoms with E-state index in [1.165, 1.54) is 31.4 Å². The Labute approximate surface area is 169 Å². The average molecular weight is 419 g/mol. The predicted molar refractivity (Wildman–Crippen MR) is 127 cm³/mol. The quantitative estimate of drug-likeness (QED) is 0.321. The summed E-state index contributed by atoms with van der Waals surface area (Å²) in [6.45, 7) is 30.8. The second kappa shape index (κ2) is 9.38. The zero-order valence-electron chi connectivity index (χ0n) is 20.4. The predicted octanol–water partition coefficient (Wildman–Crippen LogP) is 7.62. The van der Waals surface area contributed by atoms with Crippen LogP contribution in [0, 0.1) is 5.41 Å². The molecule has 0 N–H and O–H groups in total. The van der Waals surface area contributed by atoms with E-state index in [0.717, 1.165) is 0 Å². The molecular weight excluding hydrogens is 368 g/mol. The van der Waals surface area contributed by atoms with Gasteiger partial charge in [-0.3, -0.25) is 0 Å². The van der Waals surface area contributed by atoms with E-state index in [2.05, 4.69) is 87.7 Å². The van der Waals surface area contributed by atoms with Crippen molar-refractivity contribution in [1.29, 1.82) is 0 Å². The van der Waals surface area contributed by atoms with Crippen molar-refractivity contribution < 1.29 is 8.85 Å². The Hall–Kier alpha value is 0.571. The molecule has 0 aromatic heterocycles. The number of rotatable bonds is 11. The highest BCUT2D eigenvalue weighted by Gasteiger charge is 2.46. The van der Waals surface area contributed by atoms with Gasteiger partial charge in [-0.2, -0.15) is 0 Å². The first-order valence-electron chi connectivity index (χ1n) is 10.7. The molecular formula is C21H50O2Si3. The lowest BCUT2D eigenvalue weighted by molar-refractivity contribution is 0.141. The van der Waals surface area contributed by atoms with Crippen molar-refractivity contribution in [3.05, 3.63) is 0 Å². The molecule has 0 aromatic rings. The smallest absolute Gasteiger partial charge is 0.213 e. The minimum atomic E-state index is -1.93. The molecule has 0 amide bonds. The summed E-state index contributed by atoms with van der Waals surface area (Å²) >= 11 is 0. The van der Waals surface area contributed by atoms with Gasteiger partial charge < -0.3 is 8.85 Å². The minimum Gasteiger partial charge on any atom is -0.415 e. The third-order valence-corrected chi connectivity index (χ3v) is 17.2. The third kappa shape index (κ3) is 9.18. The summed E-state index contributed by atoms with van der Waals surface area (Å²) in [7, 11) is -5.03. The summed E-state index contributed by atoms with van der Waals surface area (Å²) in [5, 5.41) is -0.0132. The van der Waals surface area contributed by atoms with Crippen LogP contribution in [0.3, 0.4) is 0 Å². The molecule has 0 rings (SSSR count). The molecule has 0 aromatic carbocycles. The van der Waals surface area contributed by atoms with Gasteiger partial charge >= 0.3 is 0 Å². The normalized spacial score (nSPS) is 16.0. The van der Waals surface area contributed by atoms with Gasteiger partial charge in [0.1, 0.15) is 0 Å². The lowest BCUT2D eigenvalue weighted by Crippen LogP contribution is -2.61. The second-order valence-electron chi connectivity index (χ2n) is 11.8. The first-order chi connectivity index (χ1) is 11.4. The molecule has 0 heterocycles. The summed E-state index contributed by atoms with van der Waals surface area (Å²) in [5.41, 5.74) is 0.659. The van der Waals surface area contributed by atoms with Crippen LogP contribution in [0.15, 0.2) is 0 Å². The Bertz CT molecular complexity index is 423. The van der Waals surface area contributed by atoms with Crippen LogP contribution in [0.5, 0.6) is 0 Å². The van der Waals surface area contributed by atoms with E-state index in [1.807, 2.05) is 0 Å². The topological polar surface area (TPSA) is 18.5 Å². The van der Waals surface area contributed by atoms with Gasteiger partial charge in [0.25, 0.3) is 0 Å². The maximum absolute atomic E-state index is 6.97. The minimum absolute atomic E-state index is 0.0132. The van der Waals surface area contributed by atoms with Gasteiger partial charge in [-0.15, -0.1) is 0 Å². The number of hydrogen-bond donors (Lipinski definition) is 0. The maximum Gasteiger partial charge on any atom is 0.213 e. The zero-order chi connectivity index (χ0) is 21.0. The van der Waals surface area contributed by atoms with E-state index in [9.17, 15) is 0 Å². The van der Waals surface area contributed by atoms with Crippen LogP contribution in [-0.2, 0) is 8.85 Å². The summed E-state index contributed by atoms with van der Waals surface area (Å²) in [6.07, 6.45) is 3.82. The summed E-state index contributed by atoms with van der Waals surface area (Å²) < 4.78 is 13.6. The molecule has 0 aliphatic carbocycles. The molecule has 0 spiro atoms. The first kappa shape index (κ1) is 26.6. The standard InChI is InChI=1S/C21H50O2Si3/c1-14-15-17-25(10,11)22-19(2)26(12,13)23-21(6,7)24(8,9)18-16-20(3,4)5/h19H,14-18H2,1-13H3. The Kier molecular flexibility index (Phi) is 9.58. The SMILES string of the molecule is CCCC[Si](C)(C)OC(C)[Si](C)(C)OC(C)(C)[Si](C)(C)CCC(C)(C)C. The van der Waals surface area contributed by atoms with Crippen molar-refractivity contribution in [1.82, 2.24) is 0 Å². The fraction of sp³-hybridized carbons (Fsp3) is 1.00. The van der Waals surface area contributed by atoms with Gasteiger partial charge in [-0.1, -0.05) is 66.1 Å². The maximum atomic E-state index is 6.97. The summed E-state index contributed by atoms with van der Waals surface area (Å²) in [6, 6.07) is 2.58. The molecule has 2 nitrogen and oxygen atoms in total. The summed E-state index contributed by atoms with van der Waals surface area (Å²) in [4.78, 5) is 0. The first-order valence-corrected chi connectivity index (χ1v) is 20.0. The highest BCUT2D eigenvalue weighted by atomic mass is 28.4. The Morgan fingerprint density at radius 3 is 1.77 bits per heavy atom. The van der Waals surface area contributed by atoms with Crippen LogP contribution in [0.25, 0.3) is 0 Å². The molecule has 0 saturated carbocycles. The van der Waals surface area contributed by atoms with E-state index in [1.54, 1.807) is 0 Å². The van der Waals surface area contributed by atoms with E-state index in [-0.39, 0.29) is 11.0 Å². The van der Waals surface area contributed by atoms with Gasteiger partial charge in [0.15, 0.2) is 8.32 Å². The Balaban J connectivity index is 5.07. The number of hydrogen-bond acceptors (Lipinski definition) is 2. The molecule has 0 aliphatic rings. The Morgan fingerprint density at radius 2 is 1.35 bits per heavy atom. The average Bonchev–Trinajstić information content (AvgIpc) is 2.40. The number of unbranched alkanes of at least 4 members (excludes halogenated alkanes) is 1. The van der Waals surface area contributed by atoms with Gasteiger partial charge in [-0.05, 0) is 58.4 Å².